The van der Waals surface area contributed by atoms with E-state index in [4.69, 9.17) is 5.11 Å². The van der Waals surface area contributed by atoms with E-state index in [1.165, 1.54) is 11.1 Å². The van der Waals surface area contributed by atoms with Crippen LogP contribution in [0.15, 0.2) is 18.2 Å². The lowest BCUT2D eigenvalue weighted by atomic mass is 9.99. The minimum atomic E-state index is -0.790. The van der Waals surface area contributed by atoms with Gasteiger partial charge in [-0.2, -0.15) is 0 Å². The van der Waals surface area contributed by atoms with Gasteiger partial charge in [-0.1, -0.05) is 6.07 Å². The van der Waals surface area contributed by atoms with Gasteiger partial charge in [0.1, 0.15) is 0 Å². The van der Waals surface area contributed by atoms with Crippen LogP contribution in [0.5, 0.6) is 0 Å². The van der Waals surface area contributed by atoms with Crippen molar-refractivity contribution >= 4 is 11.7 Å². The molecule has 0 saturated carbocycles. The van der Waals surface area contributed by atoms with Gasteiger partial charge >= 0.3 is 5.97 Å². The van der Waals surface area contributed by atoms with Gasteiger partial charge in [-0.25, -0.2) is 0 Å². The summed E-state index contributed by atoms with van der Waals surface area (Å²) < 4.78 is 0. The Balaban J connectivity index is 2.79. The van der Waals surface area contributed by atoms with Gasteiger partial charge in [0.15, 0.2) is 0 Å². The fourth-order valence-electron chi connectivity index (χ4n) is 1.63. The molecule has 3 heteroatoms. The van der Waals surface area contributed by atoms with Crippen molar-refractivity contribution in [1.82, 2.24) is 0 Å². The van der Waals surface area contributed by atoms with E-state index in [1.54, 1.807) is 0 Å². The molecular formula is C13H19NO2. The van der Waals surface area contributed by atoms with Crippen molar-refractivity contribution in [2.24, 2.45) is 0 Å². The average molecular weight is 221 g/mol. The largest absolute Gasteiger partial charge is 0.481 e. The molecule has 0 unspecified atom stereocenters. The second-order valence-electron chi connectivity index (χ2n) is 4.88. The molecule has 1 aromatic rings. The minimum absolute atomic E-state index is 0.0971. The van der Waals surface area contributed by atoms with Crippen molar-refractivity contribution in [2.45, 2.75) is 39.7 Å². The second-order valence-corrected chi connectivity index (χ2v) is 4.88. The number of hydrogen-bond acceptors (Lipinski definition) is 2. The van der Waals surface area contributed by atoms with E-state index in [9.17, 15) is 4.79 Å². The van der Waals surface area contributed by atoms with E-state index in [2.05, 4.69) is 12.2 Å². The van der Waals surface area contributed by atoms with Crippen LogP contribution in [0.25, 0.3) is 0 Å². The first-order chi connectivity index (χ1) is 7.30. The van der Waals surface area contributed by atoms with Crippen LogP contribution >= 0.6 is 0 Å². The summed E-state index contributed by atoms with van der Waals surface area (Å²) in [5.74, 6) is -0.790. The highest BCUT2D eigenvalue weighted by Gasteiger charge is 2.21. The summed E-state index contributed by atoms with van der Waals surface area (Å²) in [5.41, 5.74) is 2.97. The number of hydrogen-bond donors (Lipinski definition) is 2. The number of carboxylic acids is 1. The first kappa shape index (κ1) is 12.6. The van der Waals surface area contributed by atoms with Crippen molar-refractivity contribution < 1.29 is 9.90 Å². The number of benzene rings is 1. The molecule has 0 aromatic heterocycles. The van der Waals surface area contributed by atoms with Crippen LogP contribution in [0.4, 0.5) is 5.69 Å². The summed E-state index contributed by atoms with van der Waals surface area (Å²) in [4.78, 5) is 10.7. The maximum absolute atomic E-state index is 10.7. The third-order valence-electron chi connectivity index (χ3n) is 2.58. The van der Waals surface area contributed by atoms with Gasteiger partial charge in [0, 0.05) is 11.2 Å². The van der Waals surface area contributed by atoms with E-state index in [-0.39, 0.29) is 6.42 Å². The lowest BCUT2D eigenvalue weighted by Gasteiger charge is -2.26. The highest BCUT2D eigenvalue weighted by molar-refractivity contribution is 5.69. The lowest BCUT2D eigenvalue weighted by molar-refractivity contribution is -0.137. The molecule has 0 saturated heterocycles. The third kappa shape index (κ3) is 3.57. The molecule has 3 nitrogen and oxygen atoms in total. The second kappa shape index (κ2) is 4.56. The van der Waals surface area contributed by atoms with Crippen molar-refractivity contribution in [3.8, 4) is 0 Å². The Labute approximate surface area is 96.5 Å². The number of anilines is 1. The molecule has 0 aliphatic rings. The SMILES string of the molecule is Cc1ccc(NC(C)(C)CC(=O)O)cc1C. The van der Waals surface area contributed by atoms with E-state index in [0.29, 0.717) is 0 Å². The minimum Gasteiger partial charge on any atom is -0.481 e. The van der Waals surface area contributed by atoms with Gasteiger partial charge < -0.3 is 10.4 Å². The standard InChI is InChI=1S/C13H19NO2/c1-9-5-6-11(7-10(9)2)14-13(3,4)8-12(15)16/h5-7,14H,8H2,1-4H3,(H,15,16). The summed E-state index contributed by atoms with van der Waals surface area (Å²) in [6.45, 7) is 7.87. The highest BCUT2D eigenvalue weighted by Crippen LogP contribution is 2.20. The zero-order valence-electron chi connectivity index (χ0n) is 10.3. The molecular weight excluding hydrogens is 202 g/mol. The molecule has 2 N–H and O–H groups in total. The van der Waals surface area contributed by atoms with Gasteiger partial charge in [0.2, 0.25) is 0 Å². The topological polar surface area (TPSA) is 49.3 Å². The first-order valence-electron chi connectivity index (χ1n) is 5.37. The molecule has 0 aliphatic heterocycles. The summed E-state index contributed by atoms with van der Waals surface area (Å²) in [7, 11) is 0. The molecule has 1 rings (SSSR count). The van der Waals surface area contributed by atoms with Crippen LogP contribution in [0.1, 0.15) is 31.4 Å². The van der Waals surface area contributed by atoms with E-state index in [1.807, 2.05) is 39.0 Å². The number of carbonyl (C=O) groups is 1. The Morgan fingerprint density at radius 3 is 2.44 bits per heavy atom. The van der Waals surface area contributed by atoms with Gasteiger partial charge in [0.25, 0.3) is 0 Å². The Hall–Kier alpha value is -1.51. The van der Waals surface area contributed by atoms with Crippen molar-refractivity contribution in [3.05, 3.63) is 29.3 Å². The van der Waals surface area contributed by atoms with E-state index < -0.39 is 11.5 Å². The van der Waals surface area contributed by atoms with Crippen LogP contribution in [-0.4, -0.2) is 16.6 Å². The number of aryl methyl sites for hydroxylation is 2. The van der Waals surface area contributed by atoms with Crippen LogP contribution in [0.3, 0.4) is 0 Å². The zero-order chi connectivity index (χ0) is 12.3. The summed E-state index contributed by atoms with van der Waals surface area (Å²) in [6.07, 6.45) is 0.0971. The fraction of sp³-hybridized carbons (Fsp3) is 0.462. The van der Waals surface area contributed by atoms with Crippen LogP contribution in [0.2, 0.25) is 0 Å². The maximum Gasteiger partial charge on any atom is 0.305 e. The third-order valence-corrected chi connectivity index (χ3v) is 2.58. The highest BCUT2D eigenvalue weighted by atomic mass is 16.4. The van der Waals surface area contributed by atoms with Gasteiger partial charge in [-0.3, -0.25) is 4.79 Å². The number of rotatable bonds is 4. The molecule has 0 heterocycles. The molecule has 0 spiro atoms. The smallest absolute Gasteiger partial charge is 0.305 e. The Morgan fingerprint density at radius 1 is 1.31 bits per heavy atom. The zero-order valence-corrected chi connectivity index (χ0v) is 10.3. The van der Waals surface area contributed by atoms with E-state index >= 15 is 0 Å². The molecule has 88 valence electrons. The number of aliphatic carboxylic acids is 1. The van der Waals surface area contributed by atoms with Crippen LogP contribution in [0, 0.1) is 13.8 Å². The van der Waals surface area contributed by atoms with E-state index in [0.717, 1.165) is 5.69 Å². The molecule has 0 aliphatic carbocycles. The molecule has 0 amide bonds. The Bertz CT molecular complexity index is 397. The average Bonchev–Trinajstić information content (AvgIpc) is 2.08. The summed E-state index contributed by atoms with van der Waals surface area (Å²) in [5, 5.41) is 12.0. The first-order valence-corrected chi connectivity index (χ1v) is 5.37. The lowest BCUT2D eigenvalue weighted by Crippen LogP contribution is -2.33. The molecule has 16 heavy (non-hydrogen) atoms. The molecule has 0 radical (unpaired) electrons. The van der Waals surface area contributed by atoms with Gasteiger partial charge in [-0.05, 0) is 51.0 Å². The van der Waals surface area contributed by atoms with Crippen LogP contribution in [-0.2, 0) is 4.79 Å². The quantitative estimate of drug-likeness (QED) is 0.821. The normalized spacial score (nSPS) is 11.2. The molecule has 0 atom stereocenters. The predicted octanol–water partition coefficient (Wildman–Crippen LogP) is 2.97. The predicted molar refractivity (Wildman–Crippen MR) is 65.9 cm³/mol. The number of carboxylic acid groups (broad SMARTS) is 1. The Morgan fingerprint density at radius 2 is 1.94 bits per heavy atom. The molecule has 0 bridgehead atoms. The fourth-order valence-corrected chi connectivity index (χ4v) is 1.63. The van der Waals surface area contributed by atoms with Crippen molar-refractivity contribution in [3.63, 3.8) is 0 Å². The van der Waals surface area contributed by atoms with Crippen molar-refractivity contribution in [1.29, 1.82) is 0 Å². The van der Waals surface area contributed by atoms with Gasteiger partial charge in [-0.15, -0.1) is 0 Å². The number of nitrogens with one attached hydrogen (secondary N) is 1. The maximum atomic E-state index is 10.7. The Kier molecular flexibility index (Phi) is 3.58. The van der Waals surface area contributed by atoms with Gasteiger partial charge in [0.05, 0.1) is 6.42 Å². The van der Waals surface area contributed by atoms with Crippen molar-refractivity contribution in [2.75, 3.05) is 5.32 Å². The molecule has 0 fully saturated rings. The van der Waals surface area contributed by atoms with Crippen LogP contribution < -0.4 is 5.32 Å². The monoisotopic (exact) mass is 221 g/mol. The molecule has 1 aromatic carbocycles. The summed E-state index contributed by atoms with van der Waals surface area (Å²) >= 11 is 0. The summed E-state index contributed by atoms with van der Waals surface area (Å²) in [6, 6.07) is 6.05.